The first-order chi connectivity index (χ1) is 11.9. The van der Waals surface area contributed by atoms with Crippen molar-refractivity contribution in [3.63, 3.8) is 0 Å². The highest BCUT2D eigenvalue weighted by atomic mass is 127. The molecule has 0 fully saturated rings. The number of hydrogen-bond donors (Lipinski definition) is 2. The minimum atomic E-state index is -4.55. The first-order valence-electron chi connectivity index (χ1n) is 6.60. The summed E-state index contributed by atoms with van der Waals surface area (Å²) >= 11 is 3.43. The summed E-state index contributed by atoms with van der Waals surface area (Å²) in [7, 11) is -6.44. The summed E-state index contributed by atoms with van der Waals surface area (Å²) in [5.74, 6) is 0.336. The molecule has 0 saturated heterocycles. The van der Waals surface area contributed by atoms with Crippen molar-refractivity contribution in [3.8, 4) is 22.6 Å². The third kappa shape index (κ3) is 4.41. The molecule has 8 nitrogen and oxygen atoms in total. The van der Waals surface area contributed by atoms with E-state index in [-0.39, 0.29) is 29.8 Å². The van der Waals surface area contributed by atoms with Gasteiger partial charge in [-0.15, -0.1) is 0 Å². The normalized spacial score (nSPS) is 12.1. The fraction of sp³-hybridized carbons (Fsp3) is 0.143. The molecular formula is C14H12I2O8S2. The van der Waals surface area contributed by atoms with Crippen molar-refractivity contribution in [1.29, 1.82) is 0 Å². The van der Waals surface area contributed by atoms with Crippen LogP contribution in [0.1, 0.15) is 0 Å². The Balaban J connectivity index is 2.88. The van der Waals surface area contributed by atoms with Crippen molar-refractivity contribution in [1.82, 2.24) is 0 Å². The van der Waals surface area contributed by atoms with E-state index >= 15 is 0 Å². The maximum Gasteiger partial charge on any atom is 0.295 e. The van der Waals surface area contributed by atoms with Crippen LogP contribution in [0.4, 0.5) is 0 Å². The lowest BCUT2D eigenvalue weighted by molar-refractivity contribution is 0.408. The summed E-state index contributed by atoms with van der Waals surface area (Å²) in [6.07, 6.45) is 0. The molecule has 142 valence electrons. The molecule has 0 aliphatic carbocycles. The Hall–Kier alpha value is -0.680. The maximum atomic E-state index is 11.6. The van der Waals surface area contributed by atoms with Gasteiger partial charge < -0.3 is 9.47 Å². The Labute approximate surface area is 177 Å². The van der Waals surface area contributed by atoms with Gasteiger partial charge in [0.05, 0.1) is 21.4 Å². The molecular weight excluding hydrogens is 614 g/mol. The summed E-state index contributed by atoms with van der Waals surface area (Å²) in [4.78, 5) is -0.781. The van der Waals surface area contributed by atoms with Crippen molar-refractivity contribution in [2.24, 2.45) is 0 Å². The predicted molar refractivity (Wildman–Crippen MR) is 110 cm³/mol. The molecule has 0 bridgehead atoms. The maximum absolute atomic E-state index is 11.6. The highest BCUT2D eigenvalue weighted by Crippen LogP contribution is 2.38. The zero-order chi connectivity index (χ0) is 19.9. The van der Waals surface area contributed by atoms with E-state index in [1.54, 1.807) is 45.2 Å². The Morgan fingerprint density at radius 2 is 1.04 bits per heavy atom. The topological polar surface area (TPSA) is 127 Å². The van der Waals surface area contributed by atoms with E-state index < -0.39 is 30.0 Å². The molecule has 2 aromatic rings. The Bertz CT molecular complexity index is 991. The van der Waals surface area contributed by atoms with Crippen LogP contribution in [0, 0.1) is 7.14 Å². The Morgan fingerprint density at radius 1 is 0.731 bits per heavy atom. The van der Waals surface area contributed by atoms with Gasteiger partial charge in [-0.25, -0.2) is 0 Å². The predicted octanol–water partition coefficient (Wildman–Crippen LogP) is 3.07. The largest absolute Gasteiger partial charge is 0.496 e. The molecule has 0 atom stereocenters. The molecule has 0 amide bonds. The molecule has 2 N–H and O–H groups in total. The molecule has 0 saturated carbocycles. The Kier molecular flexibility index (Phi) is 6.44. The van der Waals surface area contributed by atoms with Gasteiger partial charge in [-0.2, -0.15) is 16.8 Å². The molecule has 26 heavy (non-hydrogen) atoms. The third-order valence-electron chi connectivity index (χ3n) is 3.34. The lowest BCUT2D eigenvalue weighted by Gasteiger charge is -2.14. The molecule has 0 aliphatic heterocycles. The van der Waals surface area contributed by atoms with Gasteiger partial charge in [0, 0.05) is 0 Å². The summed E-state index contributed by atoms with van der Waals surface area (Å²) < 4.78 is 76.1. The SMILES string of the molecule is COc1cc(-c2cc(OC)c(I)c(S(=O)(=O)O)c2)cc(S(=O)(=O)O)c1I. The molecule has 0 aliphatic rings. The second-order valence-electron chi connectivity index (χ2n) is 4.93. The van der Waals surface area contributed by atoms with Crippen LogP contribution in [-0.4, -0.2) is 40.2 Å². The van der Waals surface area contributed by atoms with E-state index in [0.29, 0.717) is 0 Å². The van der Waals surface area contributed by atoms with Crippen molar-refractivity contribution in [2.45, 2.75) is 9.79 Å². The minimum Gasteiger partial charge on any atom is -0.496 e. The summed E-state index contributed by atoms with van der Waals surface area (Å²) in [6.45, 7) is 0. The first kappa shape index (κ1) is 21.6. The van der Waals surface area contributed by atoms with E-state index in [9.17, 15) is 25.9 Å². The molecule has 0 aromatic heterocycles. The van der Waals surface area contributed by atoms with Gasteiger partial charge in [-0.05, 0) is 80.6 Å². The quantitative estimate of drug-likeness (QED) is 0.383. The summed E-state index contributed by atoms with van der Waals surface area (Å²) in [5, 5.41) is 0. The molecule has 0 spiro atoms. The number of hydrogen-bond acceptors (Lipinski definition) is 6. The van der Waals surface area contributed by atoms with Crippen LogP contribution < -0.4 is 9.47 Å². The van der Waals surface area contributed by atoms with Gasteiger partial charge in [0.1, 0.15) is 21.3 Å². The molecule has 0 unspecified atom stereocenters. The van der Waals surface area contributed by atoms with Crippen LogP contribution in [-0.2, 0) is 20.2 Å². The lowest BCUT2D eigenvalue weighted by Crippen LogP contribution is -2.05. The van der Waals surface area contributed by atoms with Crippen molar-refractivity contribution < 1.29 is 35.4 Å². The van der Waals surface area contributed by atoms with E-state index in [0.717, 1.165) is 0 Å². The lowest BCUT2D eigenvalue weighted by atomic mass is 10.1. The second kappa shape index (κ2) is 7.75. The number of ether oxygens (including phenoxy) is 2. The molecule has 12 heteroatoms. The van der Waals surface area contributed by atoms with Crippen LogP contribution in [0.15, 0.2) is 34.1 Å². The van der Waals surface area contributed by atoms with Gasteiger partial charge in [-0.3, -0.25) is 9.11 Å². The van der Waals surface area contributed by atoms with Crippen LogP contribution in [0.25, 0.3) is 11.1 Å². The number of rotatable bonds is 5. The van der Waals surface area contributed by atoms with Gasteiger partial charge in [0.15, 0.2) is 0 Å². The van der Waals surface area contributed by atoms with E-state index in [2.05, 4.69) is 0 Å². The number of benzene rings is 2. The summed E-state index contributed by atoms with van der Waals surface area (Å²) in [5.41, 5.74) is 0.490. The van der Waals surface area contributed by atoms with Crippen molar-refractivity contribution in [3.05, 3.63) is 31.4 Å². The highest BCUT2D eigenvalue weighted by Gasteiger charge is 2.23. The zero-order valence-electron chi connectivity index (χ0n) is 13.2. The highest BCUT2D eigenvalue weighted by molar-refractivity contribution is 14.1. The van der Waals surface area contributed by atoms with E-state index in [4.69, 9.17) is 9.47 Å². The smallest absolute Gasteiger partial charge is 0.295 e. The molecule has 0 radical (unpaired) electrons. The number of methoxy groups -OCH3 is 2. The first-order valence-corrected chi connectivity index (χ1v) is 11.6. The van der Waals surface area contributed by atoms with Gasteiger partial charge in [-0.1, -0.05) is 0 Å². The fourth-order valence-electron chi connectivity index (χ4n) is 2.15. The van der Waals surface area contributed by atoms with Gasteiger partial charge in [0.25, 0.3) is 20.2 Å². The summed E-state index contributed by atoms with van der Waals surface area (Å²) in [6, 6.07) is 5.31. The van der Waals surface area contributed by atoms with Crippen molar-refractivity contribution in [2.75, 3.05) is 14.2 Å². The van der Waals surface area contributed by atoms with Crippen LogP contribution in [0.2, 0.25) is 0 Å². The van der Waals surface area contributed by atoms with E-state index in [1.807, 2.05) is 0 Å². The monoisotopic (exact) mass is 626 g/mol. The Morgan fingerprint density at radius 3 is 1.27 bits per heavy atom. The molecule has 2 aromatic carbocycles. The van der Waals surface area contributed by atoms with Crippen LogP contribution in [0.3, 0.4) is 0 Å². The minimum absolute atomic E-state index is 0.168. The average molecular weight is 626 g/mol. The molecule has 2 rings (SSSR count). The average Bonchev–Trinajstić information content (AvgIpc) is 2.53. The van der Waals surface area contributed by atoms with Gasteiger partial charge >= 0.3 is 0 Å². The van der Waals surface area contributed by atoms with Gasteiger partial charge in [0.2, 0.25) is 0 Å². The van der Waals surface area contributed by atoms with Crippen LogP contribution in [0.5, 0.6) is 11.5 Å². The van der Waals surface area contributed by atoms with Crippen molar-refractivity contribution >= 4 is 65.4 Å². The van der Waals surface area contributed by atoms with Crippen LogP contribution >= 0.6 is 45.2 Å². The third-order valence-corrected chi connectivity index (χ3v) is 8.05. The zero-order valence-corrected chi connectivity index (χ0v) is 19.2. The fourth-order valence-corrected chi connectivity index (χ4v) is 6.09. The second-order valence-corrected chi connectivity index (χ2v) is 9.87. The van der Waals surface area contributed by atoms with E-state index in [1.165, 1.54) is 38.5 Å². The number of halogens is 2. The molecule has 0 heterocycles. The standard InChI is InChI=1S/C14H12I2O8S2/c1-23-9-3-7(5-11(13(9)15)25(17,18)19)8-4-10(24-2)14(16)12(6-8)26(20,21)22/h3-6H,1-2H3,(H,17,18,19)(H,20,21,22).